The summed E-state index contributed by atoms with van der Waals surface area (Å²) >= 11 is 0. The molecule has 30 heavy (non-hydrogen) atoms. The Hall–Kier alpha value is -3.41. The molecule has 0 aliphatic carbocycles. The van der Waals surface area contributed by atoms with Crippen LogP contribution in [0.5, 0.6) is 5.75 Å². The summed E-state index contributed by atoms with van der Waals surface area (Å²) < 4.78 is 5.81. The summed E-state index contributed by atoms with van der Waals surface area (Å²) in [7, 11) is 0. The van der Waals surface area contributed by atoms with Gasteiger partial charge in [-0.05, 0) is 68.7 Å². The van der Waals surface area contributed by atoms with E-state index in [4.69, 9.17) is 9.72 Å². The zero-order valence-corrected chi connectivity index (χ0v) is 17.1. The van der Waals surface area contributed by atoms with E-state index in [1.807, 2.05) is 18.2 Å². The predicted octanol–water partition coefficient (Wildman–Crippen LogP) is 4.45. The summed E-state index contributed by atoms with van der Waals surface area (Å²) in [6, 6.07) is 16.6. The number of pyridine rings is 1. The number of anilines is 2. The average molecular weight is 403 g/mol. The third-order valence-electron chi connectivity index (χ3n) is 5.28. The lowest BCUT2D eigenvalue weighted by molar-refractivity contribution is -0.118. The molecule has 1 amide bonds. The first-order valence-electron chi connectivity index (χ1n) is 10.3. The fraction of sp³-hybridized carbons (Fsp3) is 0.292. The molecule has 3 aromatic rings. The highest BCUT2D eigenvalue weighted by Gasteiger charge is 2.14. The summed E-state index contributed by atoms with van der Waals surface area (Å²) in [6.07, 6.45) is 3.64. The minimum atomic E-state index is -0.269. The maximum Gasteiger partial charge on any atom is 0.262 e. The SMILES string of the molecule is CC(=O)c1ccc(NC(=O)COc2cccc3ccc(N4CCCCC4)nc23)cc1. The predicted molar refractivity (Wildman–Crippen MR) is 118 cm³/mol. The zero-order chi connectivity index (χ0) is 20.9. The van der Waals surface area contributed by atoms with Crippen molar-refractivity contribution in [2.24, 2.45) is 0 Å². The minimum absolute atomic E-state index is 0.0106. The second-order valence-electron chi connectivity index (χ2n) is 7.52. The molecule has 1 aliphatic heterocycles. The van der Waals surface area contributed by atoms with Crippen molar-refractivity contribution in [1.82, 2.24) is 4.98 Å². The van der Waals surface area contributed by atoms with Crippen molar-refractivity contribution >= 4 is 34.1 Å². The highest BCUT2D eigenvalue weighted by atomic mass is 16.5. The van der Waals surface area contributed by atoms with E-state index < -0.39 is 0 Å². The lowest BCUT2D eigenvalue weighted by atomic mass is 10.1. The van der Waals surface area contributed by atoms with Gasteiger partial charge in [0, 0.05) is 29.7 Å². The molecule has 6 heteroatoms. The maximum absolute atomic E-state index is 12.3. The van der Waals surface area contributed by atoms with Gasteiger partial charge in [-0.25, -0.2) is 4.98 Å². The van der Waals surface area contributed by atoms with E-state index in [0.29, 0.717) is 17.0 Å². The zero-order valence-electron chi connectivity index (χ0n) is 17.1. The first-order valence-corrected chi connectivity index (χ1v) is 10.3. The number of hydrogen-bond acceptors (Lipinski definition) is 5. The molecule has 6 nitrogen and oxygen atoms in total. The second-order valence-corrected chi connectivity index (χ2v) is 7.52. The van der Waals surface area contributed by atoms with Gasteiger partial charge in [-0.1, -0.05) is 12.1 Å². The second kappa shape index (κ2) is 8.95. The minimum Gasteiger partial charge on any atom is -0.481 e. The number of aromatic nitrogens is 1. The van der Waals surface area contributed by atoms with E-state index in [1.54, 1.807) is 24.3 Å². The highest BCUT2D eigenvalue weighted by molar-refractivity contribution is 5.96. The van der Waals surface area contributed by atoms with Gasteiger partial charge in [-0.3, -0.25) is 9.59 Å². The number of rotatable bonds is 6. The molecular weight excluding hydrogens is 378 g/mol. The Morgan fingerprint density at radius 1 is 1.00 bits per heavy atom. The van der Waals surface area contributed by atoms with E-state index in [2.05, 4.69) is 22.3 Å². The van der Waals surface area contributed by atoms with Crippen molar-refractivity contribution in [2.75, 3.05) is 29.9 Å². The number of carbonyl (C=O) groups excluding carboxylic acids is 2. The Morgan fingerprint density at radius 2 is 1.77 bits per heavy atom. The monoisotopic (exact) mass is 403 g/mol. The van der Waals surface area contributed by atoms with E-state index >= 15 is 0 Å². The van der Waals surface area contributed by atoms with Crippen LogP contribution in [0.1, 0.15) is 36.5 Å². The number of ether oxygens (including phenoxy) is 1. The van der Waals surface area contributed by atoms with Crippen LogP contribution in [0.25, 0.3) is 10.9 Å². The lowest BCUT2D eigenvalue weighted by Crippen LogP contribution is -2.30. The Bertz CT molecular complexity index is 1060. The van der Waals surface area contributed by atoms with Crippen LogP contribution in [0.2, 0.25) is 0 Å². The molecule has 4 rings (SSSR count). The van der Waals surface area contributed by atoms with Crippen LogP contribution in [-0.4, -0.2) is 36.4 Å². The van der Waals surface area contributed by atoms with Crippen molar-refractivity contribution in [2.45, 2.75) is 26.2 Å². The number of benzene rings is 2. The smallest absolute Gasteiger partial charge is 0.262 e. The molecule has 1 aliphatic rings. The molecule has 0 atom stereocenters. The standard InChI is InChI=1S/C24H25N3O3/c1-17(28)18-8-11-20(12-9-18)25-23(29)16-30-21-7-5-6-19-10-13-22(26-24(19)21)27-14-3-2-4-15-27/h5-13H,2-4,14-16H2,1H3,(H,25,29). The van der Waals surface area contributed by atoms with Gasteiger partial charge in [0.15, 0.2) is 12.4 Å². The Morgan fingerprint density at radius 3 is 2.50 bits per heavy atom. The Kier molecular flexibility index (Phi) is 5.93. The van der Waals surface area contributed by atoms with E-state index in [-0.39, 0.29) is 18.3 Å². The lowest BCUT2D eigenvalue weighted by Gasteiger charge is -2.28. The number of fused-ring (bicyclic) bond motifs is 1. The summed E-state index contributed by atoms with van der Waals surface area (Å²) in [5.41, 5.74) is 1.99. The first kappa shape index (κ1) is 19.9. The van der Waals surface area contributed by atoms with Gasteiger partial charge >= 0.3 is 0 Å². The van der Waals surface area contributed by atoms with Crippen molar-refractivity contribution in [3.63, 3.8) is 0 Å². The number of hydrogen-bond donors (Lipinski definition) is 1. The van der Waals surface area contributed by atoms with Gasteiger partial charge in [-0.15, -0.1) is 0 Å². The van der Waals surface area contributed by atoms with Crippen molar-refractivity contribution in [3.8, 4) is 5.75 Å². The van der Waals surface area contributed by atoms with Crippen LogP contribution in [-0.2, 0) is 4.79 Å². The summed E-state index contributed by atoms with van der Waals surface area (Å²) in [6.45, 7) is 3.43. The Balaban J connectivity index is 1.45. The summed E-state index contributed by atoms with van der Waals surface area (Å²) in [5.74, 6) is 1.26. The van der Waals surface area contributed by atoms with Crippen LogP contribution in [0.3, 0.4) is 0 Å². The Labute approximate surface area is 175 Å². The van der Waals surface area contributed by atoms with Gasteiger partial charge < -0.3 is 15.0 Å². The first-order chi connectivity index (χ1) is 14.6. The largest absolute Gasteiger partial charge is 0.481 e. The average Bonchev–Trinajstić information content (AvgIpc) is 2.78. The highest BCUT2D eigenvalue weighted by Crippen LogP contribution is 2.27. The molecule has 1 N–H and O–H groups in total. The van der Waals surface area contributed by atoms with Gasteiger partial charge in [-0.2, -0.15) is 0 Å². The number of piperidine rings is 1. The number of amides is 1. The molecule has 0 radical (unpaired) electrons. The van der Waals surface area contributed by atoms with Gasteiger partial charge in [0.2, 0.25) is 0 Å². The third kappa shape index (κ3) is 4.59. The van der Waals surface area contributed by atoms with Crippen molar-refractivity contribution in [3.05, 3.63) is 60.2 Å². The molecule has 2 heterocycles. The number of para-hydroxylation sites is 1. The van der Waals surface area contributed by atoms with Crippen LogP contribution < -0.4 is 15.0 Å². The number of ketones is 1. The van der Waals surface area contributed by atoms with Crippen molar-refractivity contribution < 1.29 is 14.3 Å². The fourth-order valence-electron chi connectivity index (χ4n) is 3.65. The molecule has 0 bridgehead atoms. The van der Waals surface area contributed by atoms with Crippen LogP contribution in [0.4, 0.5) is 11.5 Å². The van der Waals surface area contributed by atoms with E-state index in [1.165, 1.54) is 26.2 Å². The van der Waals surface area contributed by atoms with E-state index in [0.717, 1.165) is 29.8 Å². The molecule has 1 fully saturated rings. The topological polar surface area (TPSA) is 71.5 Å². The van der Waals surface area contributed by atoms with Gasteiger partial charge in [0.1, 0.15) is 17.1 Å². The molecule has 1 saturated heterocycles. The summed E-state index contributed by atoms with van der Waals surface area (Å²) in [4.78, 5) is 30.8. The fourth-order valence-corrected chi connectivity index (χ4v) is 3.65. The third-order valence-corrected chi connectivity index (χ3v) is 5.28. The number of Topliss-reactive ketones (excluding diaryl/α,β-unsaturated/α-hetero) is 1. The quantitative estimate of drug-likeness (QED) is 0.616. The number of nitrogens with zero attached hydrogens (tertiary/aromatic N) is 2. The van der Waals surface area contributed by atoms with Crippen LogP contribution in [0, 0.1) is 0 Å². The molecule has 2 aromatic carbocycles. The molecular formula is C24H25N3O3. The maximum atomic E-state index is 12.3. The number of nitrogens with one attached hydrogen (secondary N) is 1. The van der Waals surface area contributed by atoms with Crippen LogP contribution >= 0.6 is 0 Å². The van der Waals surface area contributed by atoms with Crippen LogP contribution in [0.15, 0.2) is 54.6 Å². The van der Waals surface area contributed by atoms with Gasteiger partial charge in [0.05, 0.1) is 0 Å². The van der Waals surface area contributed by atoms with Crippen molar-refractivity contribution in [1.29, 1.82) is 0 Å². The molecule has 1 aromatic heterocycles. The molecule has 0 saturated carbocycles. The molecule has 154 valence electrons. The van der Waals surface area contributed by atoms with Gasteiger partial charge in [0.25, 0.3) is 5.91 Å². The normalized spacial score (nSPS) is 13.8. The summed E-state index contributed by atoms with van der Waals surface area (Å²) in [5, 5.41) is 3.77. The molecule has 0 unspecified atom stereocenters. The number of carbonyl (C=O) groups is 2. The van der Waals surface area contributed by atoms with E-state index in [9.17, 15) is 9.59 Å². The molecule has 0 spiro atoms.